The molecule has 23 heteroatoms. The topological polar surface area (TPSA) is 255 Å². The lowest BCUT2D eigenvalue weighted by Crippen LogP contribution is -2.42. The summed E-state index contributed by atoms with van der Waals surface area (Å²) < 4.78 is 55.4. The summed E-state index contributed by atoms with van der Waals surface area (Å²) in [6, 6.07) is 0. The number of H-pyrrole nitrogens is 1. The average Bonchev–Trinajstić information content (AvgIpc) is 3.61. The normalized spacial score (nSPS) is 26.0. The van der Waals surface area contributed by atoms with Crippen LogP contribution in [0.2, 0.25) is 0 Å². The monoisotopic (exact) mass is 662 g/mol. The summed E-state index contributed by atoms with van der Waals surface area (Å²) in [6.45, 7) is -4.25. The smallest absolute Gasteiger partial charge is 0.325 e. The molecule has 6 heterocycles. The molecule has 0 amide bonds. The lowest BCUT2D eigenvalue weighted by Gasteiger charge is -2.34. The molecule has 2 aliphatic rings. The highest BCUT2D eigenvalue weighted by Gasteiger charge is 2.62. The molecule has 0 spiro atoms. The van der Waals surface area contributed by atoms with E-state index in [1.165, 1.54) is 12.7 Å². The highest BCUT2D eigenvalue weighted by Crippen LogP contribution is 2.54. The van der Waals surface area contributed by atoms with Crippen LogP contribution in [-0.4, -0.2) is 99.2 Å². The molecule has 19 nitrogen and oxygen atoms in total. The van der Waals surface area contributed by atoms with Crippen LogP contribution >= 0.6 is 6.72 Å². The fourth-order valence-corrected chi connectivity index (χ4v) is 6.10. The van der Waals surface area contributed by atoms with Gasteiger partial charge in [-0.2, -0.15) is 4.98 Å². The summed E-state index contributed by atoms with van der Waals surface area (Å²) in [7, 11) is 0. The number of nitrogens with zero attached hydrogens (tertiary/aromatic N) is 7. The Morgan fingerprint density at radius 3 is 2.70 bits per heavy atom. The lowest BCUT2D eigenvalue weighted by molar-refractivity contribution is -0.448. The number of imidazole rings is 2. The third-order valence-corrected chi connectivity index (χ3v) is 8.30. The van der Waals surface area contributed by atoms with Crippen LogP contribution in [0, 0.1) is 0 Å². The number of nitrogens with two attached hydrogens (primary N) is 2. The molecule has 2 aliphatic heterocycles. The number of fused-ring (bicyclic) bond motifs is 2. The van der Waals surface area contributed by atoms with Gasteiger partial charge in [-0.3, -0.25) is 23.4 Å². The highest BCUT2D eigenvalue weighted by molar-refractivity contribution is 8.07. The number of ether oxygens (including phenoxy) is 2. The molecule has 7 atom stereocenters. The van der Waals surface area contributed by atoms with Gasteiger partial charge in [0.05, 0.1) is 32.0 Å². The van der Waals surface area contributed by atoms with Crippen LogP contribution in [0.15, 0.2) is 23.8 Å². The number of rotatable bonds is 11. The summed E-state index contributed by atoms with van der Waals surface area (Å²) in [4.78, 5) is 55.4. The van der Waals surface area contributed by atoms with E-state index in [0.717, 1.165) is 10.9 Å². The molecule has 0 aromatic carbocycles. The highest BCUT2D eigenvalue weighted by atomic mass is 32.5. The van der Waals surface area contributed by atoms with Crippen molar-refractivity contribution in [3.8, 4) is 0 Å². The SMILES string of the molecule is CC(COP(O)(=S)O[C@H]1[C@H](n2cnc3c(=O)[nH]c(N)nc32)O[C@H](CO)C1(F)F)O[C@H]([C@H]1COO1)n1cnc2c(N)ncnc21. The van der Waals surface area contributed by atoms with Crippen LogP contribution in [0.4, 0.5) is 20.5 Å². The molecule has 4 aromatic heterocycles. The Bertz CT molecular complexity index is 1790. The number of hydrogen-bond donors (Lipinski definition) is 5. The molecule has 2 fully saturated rings. The third-order valence-electron chi connectivity index (χ3n) is 6.76. The van der Waals surface area contributed by atoms with E-state index in [2.05, 4.69) is 29.9 Å². The third kappa shape index (κ3) is 5.53. The van der Waals surface area contributed by atoms with Gasteiger partial charge in [-0.25, -0.2) is 38.5 Å². The van der Waals surface area contributed by atoms with Crippen LogP contribution in [0.1, 0.15) is 19.4 Å². The zero-order chi connectivity index (χ0) is 31.4. The Hall–Kier alpha value is -3.31. The second kappa shape index (κ2) is 11.6. The number of nitrogens with one attached hydrogen (secondary N) is 1. The van der Waals surface area contributed by atoms with Gasteiger partial charge in [-0.05, 0) is 18.7 Å². The van der Waals surface area contributed by atoms with E-state index < -0.39 is 68.3 Å². The van der Waals surface area contributed by atoms with E-state index in [4.69, 9.17) is 51.6 Å². The Morgan fingerprint density at radius 1 is 1.25 bits per heavy atom. The quantitative estimate of drug-likeness (QED) is 0.100. The zero-order valence-corrected chi connectivity index (χ0v) is 24.2. The van der Waals surface area contributed by atoms with E-state index in [1.807, 2.05) is 0 Å². The first-order valence-electron chi connectivity index (χ1n) is 12.8. The number of hydrogen-bond acceptors (Lipinski definition) is 16. The fraction of sp³-hybridized carbons (Fsp3) is 0.524. The van der Waals surface area contributed by atoms with Crippen molar-refractivity contribution in [2.75, 3.05) is 31.3 Å². The molecular weight excluding hydrogens is 637 g/mol. The Balaban J connectivity index is 1.19. The standard InChI is InChI=1S/C21H25F2N10O9PS/c1-8(39-18(9-4-37-41-9)32-6-28-11-14(24)26-5-27-15(11)32)3-38-43(36,44)42-13-19(40-10(2-34)21(13,22)23)33-7-29-12-16(33)30-20(25)31-17(12)35/h5-10,13,18-19,34H,2-4H2,1H3,(H,36,44)(H2,24,26,27)(H3,25,30,31,35)/t8?,9-,10-,13+,18-,19-,43?/m1/s1. The van der Waals surface area contributed by atoms with Crippen molar-refractivity contribution in [1.29, 1.82) is 0 Å². The molecule has 4 aromatic rings. The Labute approximate surface area is 249 Å². The number of alkyl halides is 2. The molecule has 2 saturated heterocycles. The van der Waals surface area contributed by atoms with Crippen LogP contribution < -0.4 is 17.0 Å². The Kier molecular flexibility index (Phi) is 8.07. The minimum atomic E-state index is -4.44. The number of anilines is 2. The van der Waals surface area contributed by atoms with Crippen molar-refractivity contribution in [2.24, 2.45) is 0 Å². The second-order valence-corrected chi connectivity index (χ2v) is 12.6. The first kappa shape index (κ1) is 30.7. The van der Waals surface area contributed by atoms with E-state index in [1.54, 1.807) is 11.5 Å². The fourth-order valence-electron chi connectivity index (χ4n) is 4.65. The molecule has 6 rings (SSSR count). The summed E-state index contributed by atoms with van der Waals surface area (Å²) >= 11 is 5.06. The molecule has 7 N–H and O–H groups in total. The van der Waals surface area contributed by atoms with E-state index in [-0.39, 0.29) is 29.5 Å². The largest absolute Gasteiger partial charge is 0.393 e. The molecular formula is C21H25F2N10O9PS. The first-order chi connectivity index (χ1) is 20.9. The molecule has 2 unspecified atom stereocenters. The van der Waals surface area contributed by atoms with Crippen molar-refractivity contribution in [3.05, 3.63) is 29.3 Å². The molecule has 0 saturated carbocycles. The second-order valence-electron chi connectivity index (χ2n) is 9.78. The first-order valence-corrected chi connectivity index (χ1v) is 15.4. The predicted octanol–water partition coefficient (Wildman–Crippen LogP) is -0.498. The van der Waals surface area contributed by atoms with Crippen LogP contribution in [0.5, 0.6) is 0 Å². The van der Waals surface area contributed by atoms with Crippen molar-refractivity contribution in [2.45, 2.75) is 49.7 Å². The molecule has 0 radical (unpaired) electrons. The molecule has 44 heavy (non-hydrogen) atoms. The molecule has 238 valence electrons. The van der Waals surface area contributed by atoms with Crippen molar-refractivity contribution in [3.63, 3.8) is 0 Å². The number of halogens is 2. The number of aromatic amines is 1. The van der Waals surface area contributed by atoms with Gasteiger partial charge in [-0.1, -0.05) is 0 Å². The van der Waals surface area contributed by atoms with Gasteiger partial charge >= 0.3 is 12.6 Å². The van der Waals surface area contributed by atoms with Gasteiger partial charge in [-0.15, -0.1) is 0 Å². The van der Waals surface area contributed by atoms with Crippen LogP contribution in [-0.2, 0) is 40.1 Å². The van der Waals surface area contributed by atoms with Crippen molar-refractivity contribution < 1.29 is 47.1 Å². The summed E-state index contributed by atoms with van der Waals surface area (Å²) in [5, 5.41) is 9.58. The number of aliphatic hydroxyl groups excluding tert-OH is 1. The van der Waals surface area contributed by atoms with Crippen molar-refractivity contribution in [1.82, 2.24) is 39.0 Å². The van der Waals surface area contributed by atoms with Crippen LogP contribution in [0.3, 0.4) is 0 Å². The zero-order valence-electron chi connectivity index (χ0n) is 22.5. The van der Waals surface area contributed by atoms with E-state index >= 15 is 8.78 Å². The van der Waals surface area contributed by atoms with E-state index in [0.29, 0.717) is 11.2 Å². The summed E-state index contributed by atoms with van der Waals surface area (Å²) in [5.74, 6) is -4.05. The predicted molar refractivity (Wildman–Crippen MR) is 146 cm³/mol. The Morgan fingerprint density at radius 2 is 2.00 bits per heavy atom. The minimum Gasteiger partial charge on any atom is -0.393 e. The average molecular weight is 663 g/mol. The van der Waals surface area contributed by atoms with Crippen molar-refractivity contribution >= 4 is 52.6 Å². The minimum absolute atomic E-state index is 0.150. The van der Waals surface area contributed by atoms with Gasteiger partial charge in [0.2, 0.25) is 5.95 Å². The van der Waals surface area contributed by atoms with Gasteiger partial charge in [0, 0.05) is 0 Å². The molecule has 0 bridgehead atoms. The van der Waals surface area contributed by atoms with Gasteiger partial charge in [0.1, 0.15) is 24.6 Å². The van der Waals surface area contributed by atoms with Gasteiger partial charge in [0.25, 0.3) is 5.56 Å². The van der Waals surface area contributed by atoms with E-state index in [9.17, 15) is 14.8 Å². The maximum Gasteiger partial charge on any atom is 0.325 e. The van der Waals surface area contributed by atoms with Gasteiger partial charge in [0.15, 0.2) is 47.3 Å². The lowest BCUT2D eigenvalue weighted by atomic mass is 10.1. The number of aliphatic hydroxyl groups is 1. The summed E-state index contributed by atoms with van der Waals surface area (Å²) in [5.41, 5.74) is 11.0. The molecule has 0 aliphatic carbocycles. The number of aromatic nitrogens is 8. The summed E-state index contributed by atoms with van der Waals surface area (Å²) in [6.07, 6.45) is -4.74. The van der Waals surface area contributed by atoms with Gasteiger partial charge < -0.3 is 35.5 Å². The van der Waals surface area contributed by atoms with Crippen LogP contribution in [0.25, 0.3) is 22.3 Å². The maximum atomic E-state index is 15.4. The number of nitrogen functional groups attached to an aromatic ring is 2. The maximum absolute atomic E-state index is 15.4.